The third-order valence-corrected chi connectivity index (χ3v) is 7.45. The van der Waals surface area contributed by atoms with E-state index in [4.69, 9.17) is 28.2 Å². The number of nitrogens with zero attached hydrogens (tertiary/aromatic N) is 3. The molecule has 3 aromatic rings. The number of aromatic amines is 1. The first-order chi connectivity index (χ1) is 16.6. The molecule has 0 aliphatic carbocycles. The molecule has 1 fully saturated rings. The van der Waals surface area contributed by atoms with E-state index in [1.807, 2.05) is 39.0 Å². The number of piperidine rings is 1. The minimum atomic E-state index is -0.483. The fourth-order valence-electron chi connectivity index (χ4n) is 4.34. The number of halogens is 2. The SMILES string of the molecule is CC1CCN(c2cc3nc(Cc4c(Cl)ccc(CNC(=O)C(C)(C)C)c4Cl)[nH]c3cc2C#N)CC1. The third-order valence-electron chi connectivity index (χ3n) is 6.62. The highest BCUT2D eigenvalue weighted by Gasteiger charge is 2.22. The molecular weight excluding hydrogens is 481 g/mol. The number of carbonyl (C=O) groups is 1. The first-order valence-electron chi connectivity index (χ1n) is 12.0. The van der Waals surface area contributed by atoms with Gasteiger partial charge >= 0.3 is 0 Å². The molecule has 2 heterocycles. The molecule has 1 saturated heterocycles. The highest BCUT2D eigenvalue weighted by atomic mass is 35.5. The number of fused-ring (bicyclic) bond motifs is 1. The van der Waals surface area contributed by atoms with Crippen molar-refractivity contribution in [2.75, 3.05) is 18.0 Å². The van der Waals surface area contributed by atoms with Gasteiger partial charge in [-0.05, 0) is 48.1 Å². The number of amides is 1. The molecule has 1 amide bonds. The van der Waals surface area contributed by atoms with E-state index in [0.29, 0.717) is 40.3 Å². The second-order valence-corrected chi connectivity index (χ2v) is 11.2. The van der Waals surface area contributed by atoms with Crippen LogP contribution in [0.15, 0.2) is 24.3 Å². The Morgan fingerprint density at radius 1 is 1.26 bits per heavy atom. The fourth-order valence-corrected chi connectivity index (χ4v) is 4.91. The molecule has 0 unspecified atom stereocenters. The lowest BCUT2D eigenvalue weighted by molar-refractivity contribution is -0.128. The molecule has 0 saturated carbocycles. The van der Waals surface area contributed by atoms with Crippen LogP contribution in [0.1, 0.15) is 63.1 Å². The molecule has 2 aromatic carbocycles. The van der Waals surface area contributed by atoms with Gasteiger partial charge in [-0.3, -0.25) is 4.79 Å². The van der Waals surface area contributed by atoms with E-state index in [0.717, 1.165) is 53.8 Å². The van der Waals surface area contributed by atoms with Gasteiger partial charge in [0.05, 0.1) is 27.3 Å². The topological polar surface area (TPSA) is 84.8 Å². The lowest BCUT2D eigenvalue weighted by atomic mass is 9.95. The summed E-state index contributed by atoms with van der Waals surface area (Å²) in [5.74, 6) is 1.38. The van der Waals surface area contributed by atoms with E-state index in [1.54, 1.807) is 6.07 Å². The fraction of sp³-hybridized carbons (Fsp3) is 0.444. The van der Waals surface area contributed by atoms with Gasteiger partial charge in [0.15, 0.2) is 0 Å². The van der Waals surface area contributed by atoms with Gasteiger partial charge in [0.1, 0.15) is 11.9 Å². The minimum Gasteiger partial charge on any atom is -0.370 e. The van der Waals surface area contributed by atoms with Crippen LogP contribution in [0.2, 0.25) is 10.0 Å². The number of hydrogen-bond acceptors (Lipinski definition) is 4. The summed E-state index contributed by atoms with van der Waals surface area (Å²) in [6, 6.07) is 9.86. The van der Waals surface area contributed by atoms with Crippen molar-refractivity contribution in [3.05, 3.63) is 56.8 Å². The maximum Gasteiger partial charge on any atom is 0.225 e. The predicted molar refractivity (Wildman–Crippen MR) is 142 cm³/mol. The molecule has 0 spiro atoms. The van der Waals surface area contributed by atoms with Gasteiger partial charge in [-0.1, -0.05) is 57.0 Å². The van der Waals surface area contributed by atoms with E-state index in [1.165, 1.54) is 0 Å². The molecule has 0 bridgehead atoms. The zero-order chi connectivity index (χ0) is 25.3. The summed E-state index contributed by atoms with van der Waals surface area (Å²) < 4.78 is 0. The molecule has 1 aromatic heterocycles. The normalized spacial score (nSPS) is 14.8. The Bertz CT molecular complexity index is 1290. The molecule has 2 N–H and O–H groups in total. The molecule has 1 aliphatic rings. The van der Waals surface area contributed by atoms with Crippen LogP contribution in [0.5, 0.6) is 0 Å². The van der Waals surface area contributed by atoms with E-state index < -0.39 is 5.41 Å². The predicted octanol–water partition coefficient (Wildman–Crippen LogP) is 6.23. The Morgan fingerprint density at radius 2 is 1.97 bits per heavy atom. The third kappa shape index (κ3) is 5.58. The van der Waals surface area contributed by atoms with Gasteiger partial charge in [0, 0.05) is 36.5 Å². The summed E-state index contributed by atoms with van der Waals surface area (Å²) >= 11 is 13.2. The number of anilines is 1. The van der Waals surface area contributed by atoms with Gasteiger partial charge in [0.2, 0.25) is 5.91 Å². The second kappa shape index (κ2) is 10.1. The van der Waals surface area contributed by atoms with Crippen molar-refractivity contribution in [1.82, 2.24) is 15.3 Å². The number of carbonyl (C=O) groups excluding carboxylic acids is 1. The van der Waals surface area contributed by atoms with Crippen LogP contribution in [-0.4, -0.2) is 29.0 Å². The van der Waals surface area contributed by atoms with Gasteiger partial charge in [0.25, 0.3) is 0 Å². The van der Waals surface area contributed by atoms with Gasteiger partial charge < -0.3 is 15.2 Å². The van der Waals surface area contributed by atoms with Crippen LogP contribution in [0.3, 0.4) is 0 Å². The first kappa shape index (κ1) is 25.3. The molecule has 4 rings (SSSR count). The van der Waals surface area contributed by atoms with Gasteiger partial charge in [-0.25, -0.2) is 4.98 Å². The zero-order valence-electron chi connectivity index (χ0n) is 20.6. The quantitative estimate of drug-likeness (QED) is 0.425. The summed E-state index contributed by atoms with van der Waals surface area (Å²) in [5, 5.41) is 13.8. The Labute approximate surface area is 216 Å². The van der Waals surface area contributed by atoms with Crippen LogP contribution in [0.25, 0.3) is 11.0 Å². The van der Waals surface area contributed by atoms with E-state index >= 15 is 0 Å². The second-order valence-electron chi connectivity index (χ2n) is 10.5. The van der Waals surface area contributed by atoms with Crippen molar-refractivity contribution in [3.8, 4) is 6.07 Å². The monoisotopic (exact) mass is 511 g/mol. The molecule has 0 radical (unpaired) electrons. The maximum absolute atomic E-state index is 12.3. The molecule has 1 aliphatic heterocycles. The number of benzene rings is 2. The Hall–Kier alpha value is -2.75. The van der Waals surface area contributed by atoms with E-state index in [-0.39, 0.29) is 5.91 Å². The number of nitrogens with one attached hydrogen (secondary N) is 2. The van der Waals surface area contributed by atoms with Gasteiger partial charge in [-0.15, -0.1) is 0 Å². The van der Waals surface area contributed by atoms with Crippen LogP contribution in [0.4, 0.5) is 5.69 Å². The average molecular weight is 512 g/mol. The van der Waals surface area contributed by atoms with Crippen molar-refractivity contribution in [2.45, 2.75) is 53.5 Å². The van der Waals surface area contributed by atoms with Crippen LogP contribution in [-0.2, 0) is 17.8 Å². The van der Waals surface area contributed by atoms with Crippen molar-refractivity contribution in [1.29, 1.82) is 5.26 Å². The molecule has 0 atom stereocenters. The Morgan fingerprint density at radius 3 is 2.63 bits per heavy atom. The van der Waals surface area contributed by atoms with Crippen LogP contribution >= 0.6 is 23.2 Å². The Balaban J connectivity index is 1.60. The summed E-state index contributed by atoms with van der Waals surface area (Å²) in [6.07, 6.45) is 2.66. The van der Waals surface area contributed by atoms with Crippen molar-refractivity contribution in [2.24, 2.45) is 11.3 Å². The Kier molecular flexibility index (Phi) is 7.30. The summed E-state index contributed by atoms with van der Waals surface area (Å²) in [6.45, 7) is 10.1. The maximum atomic E-state index is 12.3. The first-order valence-corrected chi connectivity index (χ1v) is 12.7. The highest BCUT2D eigenvalue weighted by Crippen LogP contribution is 2.32. The summed E-state index contributed by atoms with van der Waals surface area (Å²) in [4.78, 5) is 22.7. The molecule has 184 valence electrons. The number of rotatable bonds is 5. The lowest BCUT2D eigenvalue weighted by Crippen LogP contribution is -2.34. The average Bonchev–Trinajstić information content (AvgIpc) is 3.21. The number of H-pyrrole nitrogens is 1. The largest absolute Gasteiger partial charge is 0.370 e. The van der Waals surface area contributed by atoms with Crippen LogP contribution in [0, 0.1) is 22.7 Å². The highest BCUT2D eigenvalue weighted by molar-refractivity contribution is 6.36. The summed E-state index contributed by atoms with van der Waals surface area (Å²) in [7, 11) is 0. The number of aromatic nitrogens is 2. The standard InChI is InChI=1S/C27H31Cl2N5O/c1-16-7-9-34(10-8-16)23-13-22-21(11-18(23)14-30)32-24(33-22)12-19-20(28)6-5-17(25(19)29)15-31-26(35)27(2,3)4/h5-6,11,13,16H,7-10,12,15H2,1-4H3,(H,31,35)(H,32,33). The molecule has 35 heavy (non-hydrogen) atoms. The number of imidazole rings is 1. The molecule has 8 heteroatoms. The van der Waals surface area contributed by atoms with Gasteiger partial charge in [-0.2, -0.15) is 5.26 Å². The smallest absolute Gasteiger partial charge is 0.225 e. The zero-order valence-corrected chi connectivity index (χ0v) is 22.1. The van der Waals surface area contributed by atoms with E-state index in [9.17, 15) is 10.1 Å². The molecular formula is C27H31Cl2N5O. The van der Waals surface area contributed by atoms with Crippen molar-refractivity contribution in [3.63, 3.8) is 0 Å². The minimum absolute atomic E-state index is 0.0467. The van der Waals surface area contributed by atoms with Crippen molar-refractivity contribution >= 4 is 45.8 Å². The molecule has 6 nitrogen and oxygen atoms in total. The number of hydrogen-bond donors (Lipinski definition) is 2. The van der Waals surface area contributed by atoms with Crippen molar-refractivity contribution < 1.29 is 4.79 Å². The number of nitriles is 1. The summed E-state index contributed by atoms with van der Waals surface area (Å²) in [5.41, 5.74) is 4.28. The van der Waals surface area contributed by atoms with Crippen LogP contribution < -0.4 is 10.2 Å². The lowest BCUT2D eigenvalue weighted by Gasteiger charge is -2.32. The van der Waals surface area contributed by atoms with E-state index in [2.05, 4.69) is 28.2 Å².